The van der Waals surface area contributed by atoms with Crippen LogP contribution >= 0.6 is 125 Å². The summed E-state index contributed by atoms with van der Waals surface area (Å²) in [4.78, 5) is 10.5. The average molecular weight is 1270 g/mol. The molecule has 2 aromatic carbocycles. The smallest absolute Gasteiger partial charge is 0.0536 e. The lowest BCUT2D eigenvalue weighted by atomic mass is 9.96. The van der Waals surface area contributed by atoms with E-state index >= 15 is 0 Å². The molecule has 11 heterocycles. The molecule has 0 amide bonds. The first kappa shape index (κ1) is 59.0. The normalized spacial score (nSPS) is 15.5. The minimum Gasteiger partial charge on any atom is -0.142 e. The SMILES string of the molecule is CC(C)CCCC(C)CCC1=CCC(c2csc3c2sc2cc4sc5ccsc5c4cc23)S1.CC(C)CCCC(C)CCc1ccc(-c2cc3sc4cc5sc6cc(-c7ccc(CCC(C)CCCC(C)C)s7)sc6c5cc4c3s2)s1. The maximum absolute atomic E-state index is 2.54. The van der Waals surface area contributed by atoms with Crippen molar-refractivity contribution in [3.8, 4) is 19.5 Å². The average Bonchev–Trinajstić information content (AvgIpc) is 4.40. The van der Waals surface area contributed by atoms with Crippen molar-refractivity contribution >= 4 is 203 Å². The fraction of sp³-hybridized carbons (Fsp3) is 0.457. The molecule has 1 aliphatic heterocycles. The molecule has 13 rings (SSSR count). The summed E-state index contributed by atoms with van der Waals surface area (Å²) >= 11 is 22.0. The summed E-state index contributed by atoms with van der Waals surface area (Å²) in [6.07, 6.45) is 23.8. The van der Waals surface area contributed by atoms with Crippen molar-refractivity contribution in [3.05, 3.63) is 104 Å². The number of benzene rings is 2. The maximum Gasteiger partial charge on any atom is 0.0536 e. The summed E-state index contributed by atoms with van der Waals surface area (Å²) in [6, 6.07) is 26.6. The summed E-state index contributed by atoms with van der Waals surface area (Å²) in [7, 11) is 0. The lowest BCUT2D eigenvalue weighted by molar-refractivity contribution is 0.437. The molecule has 12 aromatic rings. The van der Waals surface area contributed by atoms with Gasteiger partial charge in [-0.3, -0.25) is 0 Å². The molecule has 11 heteroatoms. The molecule has 4 unspecified atom stereocenters. The van der Waals surface area contributed by atoms with Crippen LogP contribution in [0.25, 0.3) is 97.5 Å². The molecule has 0 bridgehead atoms. The molecule has 0 nitrogen and oxygen atoms in total. The van der Waals surface area contributed by atoms with E-state index in [2.05, 4.69) is 158 Å². The first-order chi connectivity index (χ1) is 39.3. The van der Waals surface area contributed by atoms with E-state index in [9.17, 15) is 0 Å². The number of allylic oxidation sites excluding steroid dienone is 2. The van der Waals surface area contributed by atoms with Crippen LogP contribution in [0.5, 0.6) is 0 Å². The van der Waals surface area contributed by atoms with Gasteiger partial charge in [0.25, 0.3) is 0 Å². The Bertz CT molecular complexity index is 3920. The van der Waals surface area contributed by atoms with Gasteiger partial charge in [0.1, 0.15) is 0 Å². The van der Waals surface area contributed by atoms with Crippen LogP contribution in [0.4, 0.5) is 0 Å². The second-order valence-corrected chi connectivity index (χ2v) is 37.0. The van der Waals surface area contributed by atoms with E-state index in [0.717, 1.165) is 35.5 Å². The third-order valence-corrected chi connectivity index (χ3v) is 30.3. The fourth-order valence-electron chi connectivity index (χ4n) is 12.0. The first-order valence-corrected chi connectivity index (χ1v) is 39.5. The van der Waals surface area contributed by atoms with Gasteiger partial charge in [-0.15, -0.1) is 125 Å². The Morgan fingerprint density at radius 1 is 0.383 bits per heavy atom. The van der Waals surface area contributed by atoms with Gasteiger partial charge in [0.2, 0.25) is 0 Å². The summed E-state index contributed by atoms with van der Waals surface area (Å²) < 4.78 is 17.6. The Hall–Kier alpha value is -2.39. The van der Waals surface area contributed by atoms with Crippen molar-refractivity contribution in [1.82, 2.24) is 0 Å². The van der Waals surface area contributed by atoms with Crippen LogP contribution in [0.1, 0.15) is 173 Å². The molecular weight excluding hydrogens is 1190 g/mol. The Labute approximate surface area is 526 Å². The molecule has 0 saturated heterocycles. The minimum atomic E-state index is 0.614. The largest absolute Gasteiger partial charge is 0.142 e. The molecule has 0 N–H and O–H groups in total. The van der Waals surface area contributed by atoms with Gasteiger partial charge in [0.15, 0.2) is 0 Å². The summed E-state index contributed by atoms with van der Waals surface area (Å²) in [6.45, 7) is 21.4. The lowest BCUT2D eigenvalue weighted by Crippen LogP contribution is -1.98. The lowest BCUT2D eigenvalue weighted by Gasteiger charge is -2.13. The van der Waals surface area contributed by atoms with Crippen molar-refractivity contribution < 1.29 is 0 Å². The number of aryl methyl sites for hydroxylation is 2. The van der Waals surface area contributed by atoms with E-state index in [1.807, 2.05) is 113 Å². The Balaban J connectivity index is 0.000000172. The highest BCUT2D eigenvalue weighted by molar-refractivity contribution is 8.03. The van der Waals surface area contributed by atoms with Crippen LogP contribution in [0.15, 0.2) is 88.5 Å². The van der Waals surface area contributed by atoms with Gasteiger partial charge in [-0.2, -0.15) is 0 Å². The second-order valence-electron chi connectivity index (χ2n) is 25.1. The number of hydrogen-bond donors (Lipinski definition) is 0. The Kier molecular flexibility index (Phi) is 19.1. The monoisotopic (exact) mass is 1270 g/mol. The van der Waals surface area contributed by atoms with Crippen LogP contribution < -0.4 is 0 Å². The standard InChI is InChI=1S/C42H50S6.C28H30S5/c1-25(2)9-7-11-27(5)13-15-29-17-19-33(43-29)37-23-39-41(47-37)31-21-32-36(22-35(31)45-39)46-40-24-38(48-42(32)40)34-20-18-30(44-34)16-14-28(6)12-8-10-26(3)4;1-16(2)5-4-6-17(3)7-8-18-9-10-22(31-18)21-15-30-27-20-13-19-24(14-25(20)33-28(21)27)32-23-11-12-29-26(19)23/h17-28H,7-16H2,1-6H3;9,11-17,22H,4-8,10H2,1-3H3. The Morgan fingerprint density at radius 2 is 0.864 bits per heavy atom. The second kappa shape index (κ2) is 26.3. The number of thiophene rings is 10. The van der Waals surface area contributed by atoms with Crippen LogP contribution in [0.3, 0.4) is 0 Å². The number of hydrogen-bond acceptors (Lipinski definition) is 11. The van der Waals surface area contributed by atoms with E-state index in [1.165, 1.54) is 195 Å². The Morgan fingerprint density at radius 3 is 1.40 bits per heavy atom. The minimum absolute atomic E-state index is 0.614. The molecule has 0 fully saturated rings. The maximum atomic E-state index is 2.54. The van der Waals surface area contributed by atoms with Crippen molar-refractivity contribution in [2.45, 2.75) is 170 Å². The van der Waals surface area contributed by atoms with E-state index < -0.39 is 0 Å². The molecule has 426 valence electrons. The van der Waals surface area contributed by atoms with Crippen molar-refractivity contribution in [1.29, 1.82) is 0 Å². The number of rotatable bonds is 24. The number of thioether (sulfide) groups is 1. The van der Waals surface area contributed by atoms with Crippen LogP contribution in [0.2, 0.25) is 0 Å². The van der Waals surface area contributed by atoms with E-state index in [4.69, 9.17) is 0 Å². The van der Waals surface area contributed by atoms with Gasteiger partial charge >= 0.3 is 0 Å². The van der Waals surface area contributed by atoms with Gasteiger partial charge in [-0.05, 0) is 168 Å². The van der Waals surface area contributed by atoms with Gasteiger partial charge in [0, 0.05) is 89.0 Å². The molecule has 0 radical (unpaired) electrons. The topological polar surface area (TPSA) is 0 Å². The molecule has 4 atom stereocenters. The van der Waals surface area contributed by atoms with Crippen LogP contribution in [0, 0.1) is 35.5 Å². The molecule has 0 spiro atoms. The predicted octanol–water partition coefficient (Wildman–Crippen LogP) is 28.6. The van der Waals surface area contributed by atoms with Gasteiger partial charge in [-0.25, -0.2) is 0 Å². The summed E-state index contributed by atoms with van der Waals surface area (Å²) in [5, 5.41) is 11.1. The van der Waals surface area contributed by atoms with Gasteiger partial charge in [0.05, 0.1) is 23.5 Å². The van der Waals surface area contributed by atoms with Crippen LogP contribution in [-0.2, 0) is 12.8 Å². The zero-order valence-corrected chi connectivity index (χ0v) is 57.9. The van der Waals surface area contributed by atoms with E-state index in [0.29, 0.717) is 5.25 Å². The van der Waals surface area contributed by atoms with Crippen molar-refractivity contribution in [3.63, 3.8) is 0 Å². The highest BCUT2D eigenvalue weighted by Gasteiger charge is 2.26. The van der Waals surface area contributed by atoms with E-state index in [-0.39, 0.29) is 0 Å². The summed E-state index contributed by atoms with van der Waals surface area (Å²) in [5.41, 5.74) is 1.59. The molecule has 1 aliphatic rings. The zero-order chi connectivity index (χ0) is 55.9. The summed E-state index contributed by atoms with van der Waals surface area (Å²) in [5.74, 6) is 4.98. The highest BCUT2D eigenvalue weighted by atomic mass is 32.2. The molecule has 10 aromatic heterocycles. The molecule has 81 heavy (non-hydrogen) atoms. The van der Waals surface area contributed by atoms with E-state index in [1.54, 1.807) is 24.9 Å². The van der Waals surface area contributed by atoms with Gasteiger partial charge < -0.3 is 0 Å². The fourth-order valence-corrected chi connectivity index (χ4v) is 25.8. The van der Waals surface area contributed by atoms with Crippen LogP contribution in [-0.4, -0.2) is 0 Å². The molecular formula is C70H80S11. The third-order valence-electron chi connectivity index (χ3n) is 16.9. The highest BCUT2D eigenvalue weighted by Crippen LogP contribution is 2.54. The molecule has 0 aliphatic carbocycles. The van der Waals surface area contributed by atoms with Crippen molar-refractivity contribution in [2.75, 3.05) is 0 Å². The van der Waals surface area contributed by atoms with Crippen molar-refractivity contribution in [2.24, 2.45) is 35.5 Å². The zero-order valence-electron chi connectivity index (χ0n) is 48.9. The molecule has 0 saturated carbocycles. The predicted molar refractivity (Wildman–Crippen MR) is 385 cm³/mol. The van der Waals surface area contributed by atoms with Gasteiger partial charge in [-0.1, -0.05) is 126 Å². The third kappa shape index (κ3) is 13.6. The quantitative estimate of drug-likeness (QED) is 0.0581. The number of fused-ring (bicyclic) bond motifs is 12. The first-order valence-electron chi connectivity index (χ1n) is 30.4.